The van der Waals surface area contributed by atoms with Gasteiger partial charge in [-0.05, 0) is 51.8 Å². The zero-order chi connectivity index (χ0) is 21.6. The Kier molecular flexibility index (Phi) is 6.33. The maximum Gasteiger partial charge on any atom is 0.336 e. The molecule has 156 valence electrons. The van der Waals surface area contributed by atoms with Crippen LogP contribution in [0.5, 0.6) is 5.75 Å². The molecule has 0 saturated carbocycles. The van der Waals surface area contributed by atoms with Gasteiger partial charge in [-0.3, -0.25) is 0 Å². The molecular formula is C24H19BrN2O4. The molecule has 4 aromatic rings. The summed E-state index contributed by atoms with van der Waals surface area (Å²) in [5.74, 6) is -0.532. The van der Waals surface area contributed by atoms with Crippen LogP contribution in [0.25, 0.3) is 10.9 Å². The first kappa shape index (κ1) is 20.7. The quantitative estimate of drug-likeness (QED) is 0.156. The average molecular weight is 479 g/mol. The highest BCUT2D eigenvalue weighted by Gasteiger charge is 2.09. The molecule has 0 saturated heterocycles. The van der Waals surface area contributed by atoms with Crippen LogP contribution in [0.4, 0.5) is 0 Å². The first-order valence-corrected chi connectivity index (χ1v) is 10.3. The Bertz CT molecular complexity index is 1240. The summed E-state index contributed by atoms with van der Waals surface area (Å²) in [4.78, 5) is 16.3. The summed E-state index contributed by atoms with van der Waals surface area (Å²) in [5.41, 5.74) is 3.39. The smallest absolute Gasteiger partial charge is 0.336 e. The fourth-order valence-electron chi connectivity index (χ4n) is 3.26. The molecule has 0 radical (unpaired) electrons. The minimum Gasteiger partial charge on any atom is -0.478 e. The van der Waals surface area contributed by atoms with Crippen LogP contribution in [0.2, 0.25) is 0 Å². The fourth-order valence-corrected chi connectivity index (χ4v) is 3.78. The molecule has 3 aromatic carbocycles. The molecule has 0 aliphatic rings. The van der Waals surface area contributed by atoms with Crippen LogP contribution in [0.15, 0.2) is 88.5 Å². The summed E-state index contributed by atoms with van der Waals surface area (Å²) >= 11 is 3.22. The number of para-hydroxylation sites is 1. The van der Waals surface area contributed by atoms with Gasteiger partial charge < -0.3 is 19.2 Å². The molecule has 1 heterocycles. The van der Waals surface area contributed by atoms with Crippen molar-refractivity contribution in [3.63, 3.8) is 0 Å². The van der Waals surface area contributed by atoms with Crippen molar-refractivity contribution in [2.75, 3.05) is 6.79 Å². The van der Waals surface area contributed by atoms with Crippen molar-refractivity contribution in [3.05, 3.63) is 100 Å². The first-order chi connectivity index (χ1) is 15.1. The number of benzene rings is 3. The van der Waals surface area contributed by atoms with Crippen LogP contribution < -0.4 is 4.74 Å². The van der Waals surface area contributed by atoms with Gasteiger partial charge in [0.2, 0.25) is 0 Å². The van der Waals surface area contributed by atoms with Crippen molar-refractivity contribution >= 4 is 39.0 Å². The highest BCUT2D eigenvalue weighted by Crippen LogP contribution is 2.23. The monoisotopic (exact) mass is 478 g/mol. The highest BCUT2D eigenvalue weighted by molar-refractivity contribution is 9.10. The lowest BCUT2D eigenvalue weighted by Gasteiger charge is -2.09. The van der Waals surface area contributed by atoms with E-state index in [1.54, 1.807) is 18.3 Å². The van der Waals surface area contributed by atoms with E-state index in [2.05, 4.69) is 56.0 Å². The predicted octanol–water partition coefficient (Wildman–Crippen LogP) is 5.54. The number of carboxylic acid groups (broad SMARTS) is 1. The van der Waals surface area contributed by atoms with Gasteiger partial charge in [-0.1, -0.05) is 53.7 Å². The van der Waals surface area contributed by atoms with E-state index in [1.165, 1.54) is 11.6 Å². The zero-order valence-corrected chi connectivity index (χ0v) is 18.0. The molecule has 6 nitrogen and oxygen atoms in total. The molecular weight excluding hydrogens is 460 g/mol. The molecule has 0 unspecified atom stereocenters. The number of hydrogen-bond donors (Lipinski definition) is 1. The van der Waals surface area contributed by atoms with Gasteiger partial charge in [0.05, 0.1) is 17.5 Å². The second-order valence-electron chi connectivity index (χ2n) is 6.77. The van der Waals surface area contributed by atoms with Crippen molar-refractivity contribution in [1.29, 1.82) is 0 Å². The van der Waals surface area contributed by atoms with Gasteiger partial charge in [-0.15, -0.1) is 0 Å². The molecule has 0 atom stereocenters. The van der Waals surface area contributed by atoms with Crippen molar-refractivity contribution < 1.29 is 19.5 Å². The Morgan fingerprint density at radius 1 is 1.03 bits per heavy atom. The van der Waals surface area contributed by atoms with E-state index in [4.69, 9.17) is 14.7 Å². The molecule has 0 bridgehead atoms. The topological polar surface area (TPSA) is 73.1 Å². The lowest BCUT2D eigenvalue weighted by molar-refractivity contribution is 0.0197. The number of ether oxygens (including phenoxy) is 1. The van der Waals surface area contributed by atoms with Crippen LogP contribution in [-0.4, -0.2) is 28.7 Å². The third-order valence-electron chi connectivity index (χ3n) is 4.73. The molecule has 0 aliphatic heterocycles. The number of aromatic carboxylic acids is 1. The Morgan fingerprint density at radius 2 is 1.81 bits per heavy atom. The van der Waals surface area contributed by atoms with Crippen molar-refractivity contribution in [2.24, 2.45) is 5.16 Å². The number of halogens is 1. The number of oxime groups is 1. The summed E-state index contributed by atoms with van der Waals surface area (Å²) in [6, 6.07) is 25.1. The Labute approximate surface area is 187 Å². The summed E-state index contributed by atoms with van der Waals surface area (Å²) in [6.07, 6.45) is 1.66. The van der Waals surface area contributed by atoms with E-state index in [0.29, 0.717) is 10.2 Å². The maximum atomic E-state index is 11.1. The zero-order valence-electron chi connectivity index (χ0n) is 16.4. The Morgan fingerprint density at radius 3 is 2.58 bits per heavy atom. The largest absolute Gasteiger partial charge is 0.478 e. The normalized spacial score (nSPS) is 11.1. The van der Waals surface area contributed by atoms with Crippen LogP contribution in [0.1, 0.15) is 21.6 Å². The second kappa shape index (κ2) is 9.49. The molecule has 4 rings (SSSR count). The number of carbonyl (C=O) groups is 1. The molecule has 0 spiro atoms. The summed E-state index contributed by atoms with van der Waals surface area (Å²) in [6.45, 7) is 0.616. The van der Waals surface area contributed by atoms with Gasteiger partial charge in [0.1, 0.15) is 5.75 Å². The SMILES string of the molecule is O=C(O)c1ccc(OCO/N=C/c2cc3ccccc3n2Cc2ccccc2)cc1Br. The lowest BCUT2D eigenvalue weighted by atomic mass is 10.2. The van der Waals surface area contributed by atoms with Crippen LogP contribution in [0, 0.1) is 0 Å². The minimum absolute atomic E-state index is 0.103. The van der Waals surface area contributed by atoms with E-state index in [9.17, 15) is 4.79 Å². The predicted molar refractivity (Wildman–Crippen MR) is 123 cm³/mol. The third-order valence-corrected chi connectivity index (χ3v) is 5.39. The van der Waals surface area contributed by atoms with Gasteiger partial charge in [-0.2, -0.15) is 0 Å². The number of rotatable bonds is 8. The van der Waals surface area contributed by atoms with Crippen molar-refractivity contribution in [3.8, 4) is 5.75 Å². The Balaban J connectivity index is 1.44. The third kappa shape index (κ3) is 4.95. The van der Waals surface area contributed by atoms with Gasteiger partial charge in [0.15, 0.2) is 0 Å². The van der Waals surface area contributed by atoms with E-state index < -0.39 is 5.97 Å². The van der Waals surface area contributed by atoms with E-state index in [0.717, 1.165) is 23.1 Å². The maximum absolute atomic E-state index is 11.1. The van der Waals surface area contributed by atoms with Crippen molar-refractivity contribution in [2.45, 2.75) is 6.54 Å². The number of nitrogens with zero attached hydrogens (tertiary/aromatic N) is 2. The lowest BCUT2D eigenvalue weighted by Crippen LogP contribution is -2.05. The van der Waals surface area contributed by atoms with Crippen LogP contribution in [-0.2, 0) is 11.4 Å². The van der Waals surface area contributed by atoms with E-state index >= 15 is 0 Å². The number of aromatic nitrogens is 1. The van der Waals surface area contributed by atoms with E-state index in [1.807, 2.05) is 30.3 Å². The number of fused-ring (bicyclic) bond motifs is 1. The summed E-state index contributed by atoms with van der Waals surface area (Å²) in [5, 5.41) is 14.2. The molecule has 0 aliphatic carbocycles. The van der Waals surface area contributed by atoms with Crippen LogP contribution >= 0.6 is 15.9 Å². The molecule has 1 aromatic heterocycles. The molecule has 0 fully saturated rings. The van der Waals surface area contributed by atoms with Gasteiger partial charge >= 0.3 is 5.97 Å². The van der Waals surface area contributed by atoms with Crippen molar-refractivity contribution in [1.82, 2.24) is 4.57 Å². The minimum atomic E-state index is -1.01. The highest BCUT2D eigenvalue weighted by atomic mass is 79.9. The number of carboxylic acids is 1. The van der Waals surface area contributed by atoms with Gasteiger partial charge in [0.25, 0.3) is 6.79 Å². The molecule has 1 N–H and O–H groups in total. The molecule has 31 heavy (non-hydrogen) atoms. The Hall–Kier alpha value is -3.58. The average Bonchev–Trinajstić information content (AvgIpc) is 3.11. The standard InChI is InChI=1S/C24H19BrN2O4/c25-22-13-20(10-11-21(22)24(28)29)30-16-31-26-14-19-12-18-8-4-5-9-23(18)27(19)15-17-6-2-1-3-7-17/h1-14H,15-16H2,(H,28,29)/b26-14+. The van der Waals surface area contributed by atoms with Gasteiger partial charge in [-0.25, -0.2) is 4.79 Å². The molecule has 7 heteroatoms. The fraction of sp³-hybridized carbons (Fsp3) is 0.0833. The first-order valence-electron chi connectivity index (χ1n) is 9.55. The van der Waals surface area contributed by atoms with Crippen LogP contribution in [0.3, 0.4) is 0 Å². The summed E-state index contributed by atoms with van der Waals surface area (Å²) < 4.78 is 8.10. The summed E-state index contributed by atoms with van der Waals surface area (Å²) in [7, 11) is 0. The van der Waals surface area contributed by atoms with E-state index in [-0.39, 0.29) is 12.4 Å². The second-order valence-corrected chi connectivity index (χ2v) is 7.63. The number of hydrogen-bond acceptors (Lipinski definition) is 4. The van der Waals surface area contributed by atoms with Gasteiger partial charge in [0, 0.05) is 21.9 Å². The molecule has 0 amide bonds.